The minimum Gasteiger partial charge on any atom is -0.478 e. The van der Waals surface area contributed by atoms with Crippen LogP contribution in [0, 0.1) is 11.6 Å². The summed E-state index contributed by atoms with van der Waals surface area (Å²) >= 11 is 0. The number of benzene rings is 1. The molecule has 1 aromatic heterocycles. The number of carboxylic acid groups (broad SMARTS) is 1. The van der Waals surface area contributed by atoms with Gasteiger partial charge in [0.25, 0.3) is 10.0 Å². The van der Waals surface area contributed by atoms with E-state index in [0.717, 1.165) is 6.20 Å². The van der Waals surface area contributed by atoms with Gasteiger partial charge in [-0.3, -0.25) is 9.40 Å². The van der Waals surface area contributed by atoms with Crippen molar-refractivity contribution in [2.75, 3.05) is 4.72 Å². The van der Waals surface area contributed by atoms with E-state index in [1.54, 1.807) is 6.92 Å². The van der Waals surface area contributed by atoms with E-state index in [1.165, 1.54) is 10.9 Å². The molecule has 0 spiro atoms. The highest BCUT2D eigenvalue weighted by Gasteiger charge is 2.22. The van der Waals surface area contributed by atoms with E-state index < -0.39 is 38.9 Å². The second-order valence-electron chi connectivity index (χ2n) is 4.25. The van der Waals surface area contributed by atoms with E-state index in [1.807, 2.05) is 4.72 Å². The summed E-state index contributed by atoms with van der Waals surface area (Å²) in [5, 5.41) is 12.7. The number of nitrogens with zero attached hydrogens (tertiary/aromatic N) is 2. The molecule has 7 nitrogen and oxygen atoms in total. The smallest absolute Gasteiger partial charge is 0.337 e. The van der Waals surface area contributed by atoms with Crippen LogP contribution in [0.15, 0.2) is 29.4 Å². The van der Waals surface area contributed by atoms with Gasteiger partial charge in [-0.05, 0) is 13.0 Å². The van der Waals surface area contributed by atoms with E-state index in [4.69, 9.17) is 5.11 Å². The summed E-state index contributed by atoms with van der Waals surface area (Å²) in [7, 11) is -4.17. The quantitative estimate of drug-likeness (QED) is 0.868. The Bertz CT molecular complexity index is 833. The lowest BCUT2D eigenvalue weighted by Gasteiger charge is -2.10. The largest absolute Gasteiger partial charge is 0.478 e. The van der Waals surface area contributed by atoms with Gasteiger partial charge in [-0.15, -0.1) is 0 Å². The van der Waals surface area contributed by atoms with Gasteiger partial charge in [0.2, 0.25) is 0 Å². The van der Waals surface area contributed by atoms with Crippen LogP contribution in [-0.4, -0.2) is 29.3 Å². The predicted octanol–water partition coefficient (Wildman–Crippen LogP) is 1.68. The molecular formula is C12H11F2N3O4S. The predicted molar refractivity (Wildman–Crippen MR) is 72.0 cm³/mol. The van der Waals surface area contributed by atoms with Gasteiger partial charge in [-0.1, -0.05) is 0 Å². The molecule has 0 amide bonds. The van der Waals surface area contributed by atoms with Crippen LogP contribution in [0.4, 0.5) is 14.5 Å². The van der Waals surface area contributed by atoms with Crippen LogP contribution in [0.5, 0.6) is 0 Å². The third kappa shape index (κ3) is 3.06. The molecule has 0 aliphatic heterocycles. The third-order valence-electron chi connectivity index (χ3n) is 2.78. The number of nitrogens with one attached hydrogen (secondary N) is 1. The zero-order chi connectivity index (χ0) is 16.5. The highest BCUT2D eigenvalue weighted by molar-refractivity contribution is 7.92. The van der Waals surface area contributed by atoms with Crippen molar-refractivity contribution in [1.82, 2.24) is 9.78 Å². The average Bonchev–Trinajstić information content (AvgIpc) is 2.91. The van der Waals surface area contributed by atoms with Crippen molar-refractivity contribution in [3.8, 4) is 0 Å². The van der Waals surface area contributed by atoms with Crippen LogP contribution >= 0.6 is 0 Å². The fourth-order valence-corrected chi connectivity index (χ4v) is 2.69. The maximum Gasteiger partial charge on any atom is 0.337 e. The average molecular weight is 331 g/mol. The number of rotatable bonds is 5. The van der Waals surface area contributed by atoms with Gasteiger partial charge >= 0.3 is 5.97 Å². The monoisotopic (exact) mass is 331 g/mol. The molecule has 0 radical (unpaired) electrons. The highest BCUT2D eigenvalue weighted by atomic mass is 32.2. The molecule has 0 fully saturated rings. The standard InChI is InChI=1S/C12H11F2N3O4S/c1-2-17-6-7(5-15-17)22(20,21)16-11-4-10(14)9(13)3-8(11)12(18)19/h3-6,16H,2H2,1H3,(H,18,19). The molecule has 0 atom stereocenters. The van der Waals surface area contributed by atoms with Crippen LogP contribution in [0.1, 0.15) is 17.3 Å². The summed E-state index contributed by atoms with van der Waals surface area (Å²) in [6.07, 6.45) is 2.29. The van der Waals surface area contributed by atoms with Crippen LogP contribution in [0.25, 0.3) is 0 Å². The van der Waals surface area contributed by atoms with Gasteiger partial charge < -0.3 is 5.11 Å². The summed E-state index contributed by atoms with van der Waals surface area (Å²) in [6, 6.07) is 0.881. The van der Waals surface area contributed by atoms with Crippen LogP contribution in [0.2, 0.25) is 0 Å². The normalized spacial score (nSPS) is 11.4. The molecule has 0 bridgehead atoms. The van der Waals surface area contributed by atoms with Gasteiger partial charge in [0.05, 0.1) is 17.4 Å². The second kappa shape index (κ2) is 5.72. The zero-order valence-electron chi connectivity index (χ0n) is 11.2. The molecule has 0 saturated heterocycles. The number of carbonyl (C=O) groups is 1. The molecule has 2 aromatic rings. The van der Waals surface area contributed by atoms with Gasteiger partial charge in [0.1, 0.15) is 4.90 Å². The Kier molecular flexibility index (Phi) is 4.13. The number of hydrogen-bond donors (Lipinski definition) is 2. The van der Waals surface area contributed by atoms with Gasteiger partial charge in [-0.2, -0.15) is 5.10 Å². The molecule has 2 N–H and O–H groups in total. The lowest BCUT2D eigenvalue weighted by Crippen LogP contribution is -2.16. The molecule has 0 aliphatic rings. The maximum atomic E-state index is 13.2. The number of aromatic nitrogens is 2. The van der Waals surface area contributed by atoms with E-state index in [-0.39, 0.29) is 4.90 Å². The van der Waals surface area contributed by atoms with E-state index in [9.17, 15) is 22.0 Å². The van der Waals surface area contributed by atoms with Crippen LogP contribution in [-0.2, 0) is 16.6 Å². The van der Waals surface area contributed by atoms with Crippen molar-refractivity contribution in [3.05, 3.63) is 41.7 Å². The Balaban J connectivity index is 2.45. The summed E-state index contributed by atoms with van der Waals surface area (Å²) < 4.78 is 53.9. The number of aryl methyl sites for hydroxylation is 1. The molecule has 0 saturated carbocycles. The number of carboxylic acids is 1. The number of sulfonamides is 1. The number of anilines is 1. The van der Waals surface area contributed by atoms with Crippen molar-refractivity contribution in [1.29, 1.82) is 0 Å². The number of aromatic carboxylic acids is 1. The second-order valence-corrected chi connectivity index (χ2v) is 5.94. The molecule has 0 aliphatic carbocycles. The molecule has 10 heteroatoms. The lowest BCUT2D eigenvalue weighted by molar-refractivity contribution is 0.0697. The first kappa shape index (κ1) is 15.9. The summed E-state index contributed by atoms with van der Waals surface area (Å²) in [5.41, 5.74) is -1.28. The van der Waals surface area contributed by atoms with Gasteiger partial charge in [-0.25, -0.2) is 22.0 Å². The van der Waals surface area contributed by atoms with Crippen molar-refractivity contribution >= 4 is 21.7 Å². The summed E-state index contributed by atoms with van der Waals surface area (Å²) in [5.74, 6) is -4.35. The SMILES string of the molecule is CCn1cc(S(=O)(=O)Nc2cc(F)c(F)cc2C(=O)O)cn1. The molecular weight excluding hydrogens is 320 g/mol. The maximum absolute atomic E-state index is 13.2. The Hall–Kier alpha value is -2.49. The molecule has 118 valence electrons. The fraction of sp³-hybridized carbons (Fsp3) is 0.167. The third-order valence-corrected chi connectivity index (χ3v) is 4.10. The van der Waals surface area contributed by atoms with Gasteiger partial charge in [0, 0.05) is 18.8 Å². The van der Waals surface area contributed by atoms with E-state index >= 15 is 0 Å². The highest BCUT2D eigenvalue weighted by Crippen LogP contribution is 2.23. The number of hydrogen-bond acceptors (Lipinski definition) is 4. The molecule has 1 heterocycles. The molecule has 22 heavy (non-hydrogen) atoms. The summed E-state index contributed by atoms with van der Waals surface area (Å²) in [4.78, 5) is 10.8. The summed E-state index contributed by atoms with van der Waals surface area (Å²) in [6.45, 7) is 2.18. The molecule has 1 aromatic carbocycles. The minimum atomic E-state index is -4.17. The molecule has 2 rings (SSSR count). The lowest BCUT2D eigenvalue weighted by atomic mass is 10.2. The van der Waals surface area contributed by atoms with Crippen molar-refractivity contribution in [2.45, 2.75) is 18.4 Å². The Labute approximate surface area is 124 Å². The number of halogens is 2. The Morgan fingerprint density at radius 2 is 2.00 bits per heavy atom. The van der Waals surface area contributed by atoms with Crippen molar-refractivity contribution in [2.24, 2.45) is 0 Å². The first-order valence-electron chi connectivity index (χ1n) is 6.02. The van der Waals surface area contributed by atoms with Crippen molar-refractivity contribution in [3.63, 3.8) is 0 Å². The van der Waals surface area contributed by atoms with E-state index in [0.29, 0.717) is 18.7 Å². The zero-order valence-corrected chi connectivity index (χ0v) is 12.1. The fourth-order valence-electron chi connectivity index (χ4n) is 1.67. The Morgan fingerprint density at radius 1 is 1.36 bits per heavy atom. The molecule has 0 unspecified atom stereocenters. The topological polar surface area (TPSA) is 101 Å². The Morgan fingerprint density at radius 3 is 2.55 bits per heavy atom. The van der Waals surface area contributed by atoms with Crippen molar-refractivity contribution < 1.29 is 27.1 Å². The minimum absolute atomic E-state index is 0.226. The first-order valence-corrected chi connectivity index (χ1v) is 7.50. The van der Waals surface area contributed by atoms with E-state index in [2.05, 4.69) is 5.10 Å². The van der Waals surface area contributed by atoms with Crippen LogP contribution < -0.4 is 4.72 Å². The first-order chi connectivity index (χ1) is 10.2. The van der Waals surface area contributed by atoms with Gasteiger partial charge in [0.15, 0.2) is 11.6 Å². The van der Waals surface area contributed by atoms with Crippen LogP contribution in [0.3, 0.4) is 0 Å².